The quantitative estimate of drug-likeness (QED) is 0.269. The fourth-order valence-electron chi connectivity index (χ4n) is 3.80. The summed E-state index contributed by atoms with van der Waals surface area (Å²) in [4.78, 5) is 48.7. The molecule has 1 aliphatic heterocycles. The number of anilines is 1. The zero-order chi connectivity index (χ0) is 22.9. The number of aromatic nitrogens is 1. The summed E-state index contributed by atoms with van der Waals surface area (Å²) in [6.07, 6.45) is 2.66. The van der Waals surface area contributed by atoms with E-state index in [9.17, 15) is 14.4 Å². The van der Waals surface area contributed by atoms with E-state index in [1.807, 2.05) is 42.0 Å². The predicted molar refractivity (Wildman–Crippen MR) is 134 cm³/mol. The van der Waals surface area contributed by atoms with Crippen molar-refractivity contribution in [2.24, 2.45) is 0 Å². The lowest BCUT2D eigenvalue weighted by Gasteiger charge is -2.22. The molecule has 166 valence electrons. The highest BCUT2D eigenvalue weighted by molar-refractivity contribution is 7.98. The molecule has 3 heterocycles. The first-order valence-electron chi connectivity index (χ1n) is 10.3. The Hall–Kier alpha value is -3.01. The van der Waals surface area contributed by atoms with Crippen LogP contribution in [0.25, 0.3) is 10.2 Å². The molecule has 4 aromatic rings. The summed E-state index contributed by atoms with van der Waals surface area (Å²) in [7, 11) is 0. The lowest BCUT2D eigenvalue weighted by atomic mass is 10.1. The normalized spacial score (nSPS) is 13.1. The van der Waals surface area contributed by atoms with Crippen molar-refractivity contribution in [2.45, 2.75) is 11.3 Å². The Morgan fingerprint density at radius 2 is 1.79 bits per heavy atom. The molecule has 0 bridgehead atoms. The van der Waals surface area contributed by atoms with Gasteiger partial charge in [-0.1, -0.05) is 35.6 Å². The topological polar surface area (TPSA) is 70.6 Å². The summed E-state index contributed by atoms with van der Waals surface area (Å²) in [6.45, 7) is 0.0963. The number of hydrogen-bond acceptors (Lipinski definition) is 7. The number of thioether (sulfide) groups is 1. The molecule has 2 aromatic heterocycles. The van der Waals surface area contributed by atoms with Gasteiger partial charge in [-0.05, 0) is 48.4 Å². The fourth-order valence-corrected chi connectivity index (χ4v) is 6.16. The van der Waals surface area contributed by atoms with Crippen molar-refractivity contribution in [1.82, 2.24) is 9.88 Å². The number of thiophene rings is 1. The van der Waals surface area contributed by atoms with Crippen molar-refractivity contribution >= 4 is 67.5 Å². The summed E-state index contributed by atoms with van der Waals surface area (Å²) < 4.78 is 0.992. The maximum absolute atomic E-state index is 13.5. The number of nitrogens with zero attached hydrogens (tertiary/aromatic N) is 3. The first kappa shape index (κ1) is 21.8. The van der Waals surface area contributed by atoms with E-state index in [0.717, 1.165) is 24.9 Å². The van der Waals surface area contributed by atoms with Crippen molar-refractivity contribution in [2.75, 3.05) is 24.2 Å². The van der Waals surface area contributed by atoms with Gasteiger partial charge in [0, 0.05) is 16.3 Å². The number of imide groups is 1. The van der Waals surface area contributed by atoms with Crippen molar-refractivity contribution in [3.8, 4) is 0 Å². The van der Waals surface area contributed by atoms with Crippen LogP contribution in [0.1, 0.15) is 25.6 Å². The Morgan fingerprint density at radius 1 is 1.03 bits per heavy atom. The third-order valence-corrected chi connectivity index (χ3v) is 8.21. The minimum atomic E-state index is -0.434. The van der Waals surface area contributed by atoms with Crippen LogP contribution in [0.4, 0.5) is 5.13 Å². The zero-order valence-corrected chi connectivity index (χ0v) is 20.1. The van der Waals surface area contributed by atoms with E-state index in [4.69, 9.17) is 4.98 Å². The number of carbonyl (C=O) groups is 3. The molecule has 2 aromatic carbocycles. The maximum Gasteiger partial charge on any atom is 0.262 e. The van der Waals surface area contributed by atoms with Crippen LogP contribution in [0.3, 0.4) is 0 Å². The Kier molecular flexibility index (Phi) is 6.01. The van der Waals surface area contributed by atoms with Crippen LogP contribution < -0.4 is 4.90 Å². The second-order valence-electron chi connectivity index (χ2n) is 7.42. The van der Waals surface area contributed by atoms with E-state index in [2.05, 4.69) is 0 Å². The molecule has 0 atom stereocenters. The van der Waals surface area contributed by atoms with Crippen molar-refractivity contribution in [1.29, 1.82) is 0 Å². The molecule has 0 unspecified atom stereocenters. The maximum atomic E-state index is 13.5. The number of amides is 3. The molecule has 0 saturated carbocycles. The lowest BCUT2D eigenvalue weighted by Crippen LogP contribution is -2.43. The Labute approximate surface area is 202 Å². The summed E-state index contributed by atoms with van der Waals surface area (Å²) in [6, 6.07) is 16.6. The molecule has 0 spiro atoms. The average molecular weight is 494 g/mol. The molecule has 0 saturated heterocycles. The Bertz CT molecular complexity index is 1330. The van der Waals surface area contributed by atoms with Crippen LogP contribution in [0.15, 0.2) is 64.9 Å². The molecule has 5 rings (SSSR count). The molecule has 3 amide bonds. The van der Waals surface area contributed by atoms with Crippen LogP contribution in [0.2, 0.25) is 0 Å². The van der Waals surface area contributed by atoms with Crippen LogP contribution >= 0.6 is 34.4 Å². The number of thiazole rings is 1. The minimum Gasteiger partial charge on any atom is -0.286 e. The van der Waals surface area contributed by atoms with Gasteiger partial charge in [0.15, 0.2) is 5.13 Å². The summed E-state index contributed by atoms with van der Waals surface area (Å²) >= 11 is 4.68. The molecular formula is C24H19N3O3S3. The van der Waals surface area contributed by atoms with Gasteiger partial charge in [-0.25, -0.2) is 4.98 Å². The zero-order valence-electron chi connectivity index (χ0n) is 17.7. The second-order valence-corrected chi connectivity index (χ2v) is 10.3. The molecule has 0 radical (unpaired) electrons. The van der Waals surface area contributed by atoms with Gasteiger partial charge in [0.1, 0.15) is 6.54 Å². The van der Waals surface area contributed by atoms with Crippen LogP contribution in [0, 0.1) is 0 Å². The van der Waals surface area contributed by atoms with E-state index in [-0.39, 0.29) is 12.5 Å². The average Bonchev–Trinajstić information content (AvgIpc) is 3.55. The van der Waals surface area contributed by atoms with Crippen molar-refractivity contribution in [3.63, 3.8) is 0 Å². The highest BCUT2D eigenvalue weighted by Gasteiger charge is 2.37. The third kappa shape index (κ3) is 4.07. The third-order valence-electron chi connectivity index (χ3n) is 5.46. The molecule has 1 aliphatic rings. The fraction of sp³-hybridized carbons (Fsp3) is 0.167. The Balaban J connectivity index is 1.45. The molecule has 0 N–H and O–H groups in total. The van der Waals surface area contributed by atoms with Gasteiger partial charge in [0.25, 0.3) is 11.8 Å². The number of fused-ring (bicyclic) bond motifs is 2. The van der Waals surface area contributed by atoms with Crippen LogP contribution in [-0.4, -0.2) is 47.0 Å². The monoisotopic (exact) mass is 493 g/mol. The second kappa shape index (κ2) is 9.09. The highest BCUT2D eigenvalue weighted by atomic mass is 32.2. The van der Waals surface area contributed by atoms with Gasteiger partial charge in [-0.3, -0.25) is 24.2 Å². The van der Waals surface area contributed by atoms with Gasteiger partial charge >= 0.3 is 0 Å². The SMILES string of the molecule is CSc1cccc2sc(N(CCc3cccs3)C(=O)CN3C(=O)c4ccccc4C3=O)nc12. The molecule has 0 aliphatic carbocycles. The number of benzene rings is 2. The van der Waals surface area contributed by atoms with E-state index >= 15 is 0 Å². The molecule has 33 heavy (non-hydrogen) atoms. The summed E-state index contributed by atoms with van der Waals surface area (Å²) in [5.41, 5.74) is 1.54. The summed E-state index contributed by atoms with van der Waals surface area (Å²) in [5.74, 6) is -1.20. The highest BCUT2D eigenvalue weighted by Crippen LogP contribution is 2.34. The lowest BCUT2D eigenvalue weighted by molar-refractivity contribution is -0.118. The van der Waals surface area contributed by atoms with E-state index < -0.39 is 11.8 Å². The first-order chi connectivity index (χ1) is 16.1. The molecule has 0 fully saturated rings. The molecular weight excluding hydrogens is 474 g/mol. The van der Waals surface area contributed by atoms with Crippen LogP contribution in [0.5, 0.6) is 0 Å². The first-order valence-corrected chi connectivity index (χ1v) is 13.2. The van der Waals surface area contributed by atoms with E-state index in [1.54, 1.807) is 52.3 Å². The van der Waals surface area contributed by atoms with Gasteiger partial charge in [0.05, 0.1) is 21.3 Å². The molecule has 6 nitrogen and oxygen atoms in total. The number of hydrogen-bond donors (Lipinski definition) is 0. The minimum absolute atomic E-state index is 0.317. The smallest absolute Gasteiger partial charge is 0.262 e. The van der Waals surface area contributed by atoms with Gasteiger partial charge in [-0.2, -0.15) is 0 Å². The van der Waals surface area contributed by atoms with E-state index in [1.165, 1.54) is 11.3 Å². The number of para-hydroxylation sites is 1. The predicted octanol–water partition coefficient (Wildman–Crippen LogP) is 4.95. The van der Waals surface area contributed by atoms with Gasteiger partial charge in [-0.15, -0.1) is 23.1 Å². The van der Waals surface area contributed by atoms with Crippen molar-refractivity contribution in [3.05, 3.63) is 76.0 Å². The van der Waals surface area contributed by atoms with Crippen molar-refractivity contribution < 1.29 is 14.4 Å². The number of rotatable bonds is 7. The standard InChI is InChI=1S/C24H19N3O3S3/c1-31-18-9-4-10-19-21(18)25-24(33-19)26(12-11-15-6-5-13-32-15)20(28)14-27-22(29)16-7-2-3-8-17(16)23(27)30/h2-10,13H,11-12,14H2,1H3. The Morgan fingerprint density at radius 3 is 2.45 bits per heavy atom. The summed E-state index contributed by atoms with van der Waals surface area (Å²) in [5, 5.41) is 2.58. The molecule has 9 heteroatoms. The van der Waals surface area contributed by atoms with Crippen LogP contribution in [-0.2, 0) is 11.2 Å². The van der Waals surface area contributed by atoms with Gasteiger partial charge < -0.3 is 0 Å². The van der Waals surface area contributed by atoms with Gasteiger partial charge in [0.2, 0.25) is 5.91 Å². The van der Waals surface area contributed by atoms with E-state index in [0.29, 0.717) is 29.2 Å². The number of carbonyl (C=O) groups excluding carboxylic acids is 3. The largest absolute Gasteiger partial charge is 0.286 e.